The summed E-state index contributed by atoms with van der Waals surface area (Å²) < 4.78 is 0.997. The molecule has 0 saturated carbocycles. The van der Waals surface area contributed by atoms with Gasteiger partial charge in [-0.2, -0.15) is 0 Å². The largest absolute Gasteiger partial charge is 0.338 e. The number of nitrogens with zero attached hydrogens (tertiary/aromatic N) is 1. The van der Waals surface area contributed by atoms with Gasteiger partial charge in [0.1, 0.15) is 0 Å². The van der Waals surface area contributed by atoms with Crippen molar-refractivity contribution >= 4 is 40.1 Å². The molecule has 0 N–H and O–H groups in total. The van der Waals surface area contributed by atoms with Crippen LogP contribution in [0.15, 0.2) is 18.2 Å². The standard InChI is InChI=1S/C11H11ClINO/c1-7-5-14(6-7)11(15)8-2-9(12)4-10(13)3-8/h2-4,7H,5-6H2,1H3. The normalized spacial score (nSPS) is 16.3. The Morgan fingerprint density at radius 2 is 2.13 bits per heavy atom. The van der Waals surface area contributed by atoms with Gasteiger partial charge in [0.15, 0.2) is 0 Å². The lowest BCUT2D eigenvalue weighted by Gasteiger charge is -2.37. The summed E-state index contributed by atoms with van der Waals surface area (Å²) in [7, 11) is 0. The van der Waals surface area contributed by atoms with Crippen molar-refractivity contribution in [3.05, 3.63) is 32.4 Å². The predicted molar refractivity (Wildman–Crippen MR) is 69.2 cm³/mol. The summed E-state index contributed by atoms with van der Waals surface area (Å²) in [4.78, 5) is 13.8. The van der Waals surface area contributed by atoms with Gasteiger partial charge in [-0.25, -0.2) is 0 Å². The predicted octanol–water partition coefficient (Wildman–Crippen LogP) is 3.04. The SMILES string of the molecule is CC1CN(C(=O)c2cc(Cl)cc(I)c2)C1. The van der Waals surface area contributed by atoms with Crippen molar-refractivity contribution in [2.45, 2.75) is 6.92 Å². The highest BCUT2D eigenvalue weighted by Gasteiger charge is 2.27. The molecule has 0 aromatic heterocycles. The van der Waals surface area contributed by atoms with Crippen molar-refractivity contribution in [2.24, 2.45) is 5.92 Å². The molecule has 0 bridgehead atoms. The molecule has 1 aliphatic heterocycles. The molecule has 1 aromatic rings. The number of carbonyl (C=O) groups excluding carboxylic acids is 1. The Balaban J connectivity index is 2.18. The second kappa shape index (κ2) is 4.29. The van der Waals surface area contributed by atoms with Crippen LogP contribution in [0.25, 0.3) is 0 Å². The van der Waals surface area contributed by atoms with Crippen molar-refractivity contribution in [3.63, 3.8) is 0 Å². The van der Waals surface area contributed by atoms with Crippen LogP contribution in [0.3, 0.4) is 0 Å². The number of likely N-dealkylation sites (tertiary alicyclic amines) is 1. The summed E-state index contributed by atoms with van der Waals surface area (Å²) in [6.45, 7) is 3.87. The number of rotatable bonds is 1. The average molecular weight is 336 g/mol. The Labute approximate surface area is 108 Å². The molecule has 80 valence electrons. The molecule has 0 spiro atoms. The molecule has 1 saturated heterocycles. The molecule has 15 heavy (non-hydrogen) atoms. The maximum absolute atomic E-state index is 11.9. The van der Waals surface area contributed by atoms with E-state index in [1.165, 1.54) is 0 Å². The molecule has 0 atom stereocenters. The highest BCUT2D eigenvalue weighted by Crippen LogP contribution is 2.21. The van der Waals surface area contributed by atoms with Gasteiger partial charge in [-0.15, -0.1) is 0 Å². The van der Waals surface area contributed by atoms with Crippen molar-refractivity contribution in [1.82, 2.24) is 4.90 Å². The molecule has 0 aliphatic carbocycles. The number of carbonyl (C=O) groups is 1. The van der Waals surface area contributed by atoms with Crippen LogP contribution in [0.4, 0.5) is 0 Å². The van der Waals surface area contributed by atoms with E-state index < -0.39 is 0 Å². The van der Waals surface area contributed by atoms with Gasteiger partial charge in [0, 0.05) is 27.2 Å². The monoisotopic (exact) mass is 335 g/mol. The zero-order chi connectivity index (χ0) is 11.0. The molecule has 1 amide bonds. The van der Waals surface area contributed by atoms with E-state index in [0.717, 1.165) is 16.7 Å². The van der Waals surface area contributed by atoms with Crippen LogP contribution in [-0.2, 0) is 0 Å². The highest BCUT2D eigenvalue weighted by molar-refractivity contribution is 14.1. The third-order valence-electron chi connectivity index (χ3n) is 2.46. The number of hydrogen-bond acceptors (Lipinski definition) is 1. The average Bonchev–Trinajstić information content (AvgIpc) is 2.10. The maximum Gasteiger partial charge on any atom is 0.253 e. The molecule has 0 radical (unpaired) electrons. The maximum atomic E-state index is 11.9. The summed E-state index contributed by atoms with van der Waals surface area (Å²) in [6, 6.07) is 5.45. The van der Waals surface area contributed by atoms with E-state index in [4.69, 9.17) is 11.6 Å². The van der Waals surface area contributed by atoms with Crippen molar-refractivity contribution in [3.8, 4) is 0 Å². The van der Waals surface area contributed by atoms with Crippen molar-refractivity contribution < 1.29 is 4.79 Å². The first-order valence-corrected chi connectivity index (χ1v) is 6.27. The van der Waals surface area contributed by atoms with Gasteiger partial charge >= 0.3 is 0 Å². The summed E-state index contributed by atoms with van der Waals surface area (Å²) in [6.07, 6.45) is 0. The van der Waals surface area contributed by atoms with Gasteiger partial charge in [0.05, 0.1) is 0 Å². The first-order valence-electron chi connectivity index (χ1n) is 4.81. The third kappa shape index (κ3) is 2.45. The molecule has 1 aliphatic rings. The molecular weight excluding hydrogens is 324 g/mol. The highest BCUT2D eigenvalue weighted by atomic mass is 127. The van der Waals surface area contributed by atoms with Crippen molar-refractivity contribution in [2.75, 3.05) is 13.1 Å². The smallest absolute Gasteiger partial charge is 0.253 e. The van der Waals surface area contributed by atoms with E-state index in [9.17, 15) is 4.79 Å². The van der Waals surface area contributed by atoms with Gasteiger partial charge in [-0.1, -0.05) is 18.5 Å². The minimum Gasteiger partial charge on any atom is -0.338 e. The van der Waals surface area contributed by atoms with Gasteiger partial charge in [0.25, 0.3) is 5.91 Å². The van der Waals surface area contributed by atoms with E-state index in [1.54, 1.807) is 6.07 Å². The fourth-order valence-corrected chi connectivity index (χ4v) is 2.81. The van der Waals surface area contributed by atoms with E-state index in [-0.39, 0.29) is 5.91 Å². The van der Waals surface area contributed by atoms with Gasteiger partial charge in [0.2, 0.25) is 0 Å². The summed E-state index contributed by atoms with van der Waals surface area (Å²) >= 11 is 8.08. The fourth-order valence-electron chi connectivity index (χ4n) is 1.72. The van der Waals surface area contributed by atoms with E-state index in [1.807, 2.05) is 17.0 Å². The Bertz CT molecular complexity index is 381. The molecule has 2 rings (SSSR count). The molecule has 1 fully saturated rings. The van der Waals surface area contributed by atoms with Crippen LogP contribution in [0.1, 0.15) is 17.3 Å². The van der Waals surface area contributed by atoms with E-state index >= 15 is 0 Å². The lowest BCUT2D eigenvalue weighted by molar-refractivity contribution is 0.0530. The summed E-state index contributed by atoms with van der Waals surface area (Å²) in [5, 5.41) is 0.624. The Morgan fingerprint density at radius 1 is 1.47 bits per heavy atom. The van der Waals surface area contributed by atoms with Crippen molar-refractivity contribution in [1.29, 1.82) is 0 Å². The fraction of sp³-hybridized carbons (Fsp3) is 0.364. The lowest BCUT2D eigenvalue weighted by atomic mass is 10.0. The van der Waals surface area contributed by atoms with E-state index in [0.29, 0.717) is 16.5 Å². The van der Waals surface area contributed by atoms with Crippen LogP contribution in [0.5, 0.6) is 0 Å². The zero-order valence-corrected chi connectivity index (χ0v) is 11.2. The van der Waals surface area contributed by atoms with Crippen LogP contribution < -0.4 is 0 Å². The Morgan fingerprint density at radius 3 is 2.67 bits per heavy atom. The molecule has 1 heterocycles. The summed E-state index contributed by atoms with van der Waals surface area (Å²) in [5.74, 6) is 0.723. The van der Waals surface area contributed by atoms with Crippen LogP contribution in [0, 0.1) is 9.49 Å². The van der Waals surface area contributed by atoms with Crippen LogP contribution >= 0.6 is 34.2 Å². The molecule has 2 nitrogen and oxygen atoms in total. The first-order chi connectivity index (χ1) is 7.06. The van der Waals surface area contributed by atoms with Gasteiger partial charge in [-0.3, -0.25) is 4.79 Å². The number of benzene rings is 1. The second-order valence-corrected chi connectivity index (χ2v) is 5.66. The van der Waals surface area contributed by atoms with Crippen LogP contribution in [0.2, 0.25) is 5.02 Å². The molecule has 1 aromatic carbocycles. The quantitative estimate of drug-likeness (QED) is 0.723. The number of halogens is 2. The third-order valence-corrected chi connectivity index (χ3v) is 3.30. The van der Waals surface area contributed by atoms with Gasteiger partial charge < -0.3 is 4.90 Å². The molecule has 0 unspecified atom stereocenters. The zero-order valence-electron chi connectivity index (χ0n) is 8.34. The number of amides is 1. The first kappa shape index (κ1) is 11.2. The summed E-state index contributed by atoms with van der Waals surface area (Å²) in [5.41, 5.74) is 0.693. The molecular formula is C11H11ClINO. The topological polar surface area (TPSA) is 20.3 Å². The minimum atomic E-state index is 0.0912. The van der Waals surface area contributed by atoms with E-state index in [2.05, 4.69) is 29.5 Å². The Kier molecular flexibility index (Phi) is 3.21. The Hall–Kier alpha value is -0.290. The number of hydrogen-bond donors (Lipinski definition) is 0. The minimum absolute atomic E-state index is 0.0912. The van der Waals surface area contributed by atoms with Crippen LogP contribution in [-0.4, -0.2) is 23.9 Å². The van der Waals surface area contributed by atoms with Gasteiger partial charge in [-0.05, 0) is 46.7 Å². The lowest BCUT2D eigenvalue weighted by Crippen LogP contribution is -2.48. The second-order valence-electron chi connectivity index (χ2n) is 3.97. The molecule has 4 heteroatoms.